The fourth-order valence-corrected chi connectivity index (χ4v) is 2.97. The quantitative estimate of drug-likeness (QED) is 0.858. The van der Waals surface area contributed by atoms with Crippen LogP contribution >= 0.6 is 15.9 Å². The number of carbonyl (C=O) groups is 2. The van der Waals surface area contributed by atoms with E-state index in [1.165, 1.54) is 4.90 Å². The number of carboxylic acid groups (broad SMARTS) is 1. The van der Waals surface area contributed by atoms with E-state index in [-0.39, 0.29) is 12.6 Å². The lowest BCUT2D eigenvalue weighted by atomic mass is 10.1. The van der Waals surface area contributed by atoms with Crippen molar-refractivity contribution < 1.29 is 14.7 Å². The van der Waals surface area contributed by atoms with Crippen molar-refractivity contribution in [1.29, 1.82) is 0 Å². The Labute approximate surface area is 141 Å². The molecule has 2 aromatic rings. The molecule has 2 amide bonds. The molecule has 0 radical (unpaired) electrons. The van der Waals surface area contributed by atoms with Crippen LogP contribution in [0.2, 0.25) is 0 Å². The van der Waals surface area contributed by atoms with Crippen LogP contribution in [0.25, 0.3) is 5.69 Å². The second-order valence-corrected chi connectivity index (χ2v) is 6.18. The van der Waals surface area contributed by atoms with E-state index in [1.807, 2.05) is 24.3 Å². The second kappa shape index (κ2) is 6.41. The fraction of sp³-hybridized carbons (Fsp3) is 0.267. The molecule has 1 aromatic carbocycles. The molecule has 1 unspecified atom stereocenters. The number of hydrogen-bond donors (Lipinski definition) is 2. The first kappa shape index (κ1) is 15.5. The van der Waals surface area contributed by atoms with Gasteiger partial charge in [0, 0.05) is 17.6 Å². The number of amides is 2. The molecule has 0 aliphatic carbocycles. The SMILES string of the molecule is O=C(O)C1CCN(C(=O)Nc2cnn(-c3ccccc3Br)c2)C1. The molecule has 8 heteroatoms. The predicted octanol–water partition coefficient (Wildman–Crippen LogP) is 2.57. The summed E-state index contributed by atoms with van der Waals surface area (Å²) in [5.74, 6) is -1.34. The van der Waals surface area contributed by atoms with Gasteiger partial charge in [0.25, 0.3) is 0 Å². The van der Waals surface area contributed by atoms with Crippen LogP contribution in [-0.2, 0) is 4.79 Å². The lowest BCUT2D eigenvalue weighted by Crippen LogP contribution is -2.33. The number of carbonyl (C=O) groups excluding carboxylic acids is 1. The van der Waals surface area contributed by atoms with E-state index in [4.69, 9.17) is 5.11 Å². The standard InChI is InChI=1S/C15H15BrN4O3/c16-12-3-1-2-4-13(12)20-9-11(7-17-20)18-15(23)19-6-5-10(8-19)14(21)22/h1-4,7,9-10H,5-6,8H2,(H,18,23)(H,21,22). The highest BCUT2D eigenvalue weighted by Crippen LogP contribution is 2.22. The Kier molecular flexibility index (Phi) is 4.33. The molecule has 1 atom stereocenters. The van der Waals surface area contributed by atoms with Gasteiger partial charge in [0.1, 0.15) is 0 Å². The molecule has 0 spiro atoms. The van der Waals surface area contributed by atoms with E-state index in [9.17, 15) is 9.59 Å². The maximum Gasteiger partial charge on any atom is 0.321 e. The summed E-state index contributed by atoms with van der Waals surface area (Å²) in [6.07, 6.45) is 3.75. The highest BCUT2D eigenvalue weighted by molar-refractivity contribution is 9.10. The highest BCUT2D eigenvalue weighted by atomic mass is 79.9. The number of likely N-dealkylation sites (tertiary alicyclic amines) is 1. The molecule has 1 aromatic heterocycles. The summed E-state index contributed by atoms with van der Waals surface area (Å²) in [5, 5.41) is 16.0. The average molecular weight is 379 g/mol. The monoisotopic (exact) mass is 378 g/mol. The number of nitrogens with zero attached hydrogens (tertiary/aromatic N) is 3. The minimum Gasteiger partial charge on any atom is -0.481 e. The zero-order chi connectivity index (χ0) is 16.4. The number of urea groups is 1. The molecular formula is C15H15BrN4O3. The number of halogens is 1. The molecule has 0 bridgehead atoms. The van der Waals surface area contributed by atoms with Gasteiger partial charge in [-0.25, -0.2) is 9.48 Å². The molecule has 3 rings (SSSR count). The Balaban J connectivity index is 1.67. The number of para-hydroxylation sites is 1. The van der Waals surface area contributed by atoms with E-state index in [2.05, 4.69) is 26.3 Å². The molecule has 7 nitrogen and oxygen atoms in total. The van der Waals surface area contributed by atoms with Gasteiger partial charge in [-0.05, 0) is 34.5 Å². The van der Waals surface area contributed by atoms with Crippen molar-refractivity contribution in [3.05, 3.63) is 41.1 Å². The third-order valence-corrected chi connectivity index (χ3v) is 4.43. The molecule has 1 saturated heterocycles. The minimum atomic E-state index is -0.859. The first-order chi connectivity index (χ1) is 11.0. The number of aliphatic carboxylic acids is 1. The predicted molar refractivity (Wildman–Crippen MR) is 87.6 cm³/mol. The number of hydrogen-bond acceptors (Lipinski definition) is 3. The zero-order valence-electron chi connectivity index (χ0n) is 12.1. The van der Waals surface area contributed by atoms with Crippen LogP contribution in [0.15, 0.2) is 41.1 Å². The van der Waals surface area contributed by atoms with Crippen LogP contribution < -0.4 is 5.32 Å². The maximum atomic E-state index is 12.2. The summed E-state index contributed by atoms with van der Waals surface area (Å²) < 4.78 is 2.55. The minimum absolute atomic E-state index is 0.236. The van der Waals surface area contributed by atoms with Crippen molar-refractivity contribution in [2.75, 3.05) is 18.4 Å². The van der Waals surface area contributed by atoms with Crippen LogP contribution in [0, 0.1) is 5.92 Å². The van der Waals surface area contributed by atoms with E-state index in [0.29, 0.717) is 18.7 Å². The number of benzene rings is 1. The summed E-state index contributed by atoms with van der Waals surface area (Å²) in [7, 11) is 0. The summed E-state index contributed by atoms with van der Waals surface area (Å²) >= 11 is 3.46. The zero-order valence-corrected chi connectivity index (χ0v) is 13.7. The molecule has 2 heterocycles. The van der Waals surface area contributed by atoms with Gasteiger partial charge >= 0.3 is 12.0 Å². The summed E-state index contributed by atoms with van der Waals surface area (Å²) in [4.78, 5) is 24.6. The van der Waals surface area contributed by atoms with Crippen LogP contribution in [0.1, 0.15) is 6.42 Å². The van der Waals surface area contributed by atoms with Gasteiger partial charge in [0.05, 0.1) is 29.7 Å². The second-order valence-electron chi connectivity index (χ2n) is 5.32. The van der Waals surface area contributed by atoms with E-state index in [0.717, 1.165) is 10.2 Å². The van der Waals surface area contributed by atoms with Crippen molar-refractivity contribution >= 4 is 33.6 Å². The van der Waals surface area contributed by atoms with E-state index in [1.54, 1.807) is 17.1 Å². The summed E-state index contributed by atoms with van der Waals surface area (Å²) in [6, 6.07) is 7.31. The molecule has 2 N–H and O–H groups in total. The van der Waals surface area contributed by atoms with Gasteiger partial charge in [-0.1, -0.05) is 12.1 Å². The Morgan fingerprint density at radius 3 is 2.83 bits per heavy atom. The van der Waals surface area contributed by atoms with Gasteiger partial charge < -0.3 is 15.3 Å². The first-order valence-corrected chi connectivity index (χ1v) is 7.92. The largest absolute Gasteiger partial charge is 0.481 e. The van der Waals surface area contributed by atoms with Crippen molar-refractivity contribution in [2.45, 2.75) is 6.42 Å². The van der Waals surface area contributed by atoms with Crippen LogP contribution in [-0.4, -0.2) is 44.9 Å². The maximum absolute atomic E-state index is 12.2. The Morgan fingerprint density at radius 2 is 2.13 bits per heavy atom. The van der Waals surface area contributed by atoms with Gasteiger partial charge in [0.2, 0.25) is 0 Å². The lowest BCUT2D eigenvalue weighted by molar-refractivity contribution is -0.141. The van der Waals surface area contributed by atoms with Gasteiger partial charge in [-0.15, -0.1) is 0 Å². The average Bonchev–Trinajstić information content (AvgIpc) is 3.16. The first-order valence-electron chi connectivity index (χ1n) is 7.13. The lowest BCUT2D eigenvalue weighted by Gasteiger charge is -2.15. The Bertz CT molecular complexity index is 746. The highest BCUT2D eigenvalue weighted by Gasteiger charge is 2.30. The third-order valence-electron chi connectivity index (χ3n) is 3.76. The van der Waals surface area contributed by atoms with Crippen LogP contribution in [0.4, 0.5) is 10.5 Å². The molecule has 120 valence electrons. The number of rotatable bonds is 3. The van der Waals surface area contributed by atoms with Gasteiger partial charge in [0.15, 0.2) is 0 Å². The molecule has 1 aliphatic heterocycles. The summed E-state index contributed by atoms with van der Waals surface area (Å²) in [6.45, 7) is 0.681. The van der Waals surface area contributed by atoms with Crippen LogP contribution in [0.5, 0.6) is 0 Å². The number of nitrogens with one attached hydrogen (secondary N) is 1. The van der Waals surface area contributed by atoms with Crippen molar-refractivity contribution in [3.63, 3.8) is 0 Å². The van der Waals surface area contributed by atoms with E-state index >= 15 is 0 Å². The van der Waals surface area contributed by atoms with Gasteiger partial charge in [-0.2, -0.15) is 5.10 Å². The number of carboxylic acids is 1. The number of anilines is 1. The van der Waals surface area contributed by atoms with Crippen LogP contribution in [0.3, 0.4) is 0 Å². The normalized spacial score (nSPS) is 17.3. The Morgan fingerprint density at radius 1 is 1.35 bits per heavy atom. The molecule has 23 heavy (non-hydrogen) atoms. The summed E-state index contributed by atoms with van der Waals surface area (Å²) in [5.41, 5.74) is 1.42. The number of aromatic nitrogens is 2. The molecule has 1 aliphatic rings. The van der Waals surface area contributed by atoms with E-state index < -0.39 is 11.9 Å². The Hall–Kier alpha value is -2.35. The van der Waals surface area contributed by atoms with Crippen molar-refractivity contribution in [1.82, 2.24) is 14.7 Å². The molecular weight excluding hydrogens is 364 g/mol. The fourth-order valence-electron chi connectivity index (χ4n) is 2.51. The van der Waals surface area contributed by atoms with Crippen molar-refractivity contribution in [2.24, 2.45) is 5.92 Å². The third kappa shape index (κ3) is 3.37. The molecule has 0 saturated carbocycles. The topological polar surface area (TPSA) is 87.5 Å². The smallest absolute Gasteiger partial charge is 0.321 e. The van der Waals surface area contributed by atoms with Gasteiger partial charge in [-0.3, -0.25) is 4.79 Å². The molecule has 1 fully saturated rings. The van der Waals surface area contributed by atoms with Crippen molar-refractivity contribution in [3.8, 4) is 5.69 Å².